The van der Waals surface area contributed by atoms with E-state index in [1.807, 2.05) is 44.2 Å². The second kappa shape index (κ2) is 8.24. The Labute approximate surface area is 142 Å². The smallest absolute Gasteiger partial charge is 0.269 e. The van der Waals surface area contributed by atoms with Crippen LogP contribution in [-0.2, 0) is 6.54 Å². The second-order valence-corrected chi connectivity index (χ2v) is 6.18. The van der Waals surface area contributed by atoms with Crippen LogP contribution in [-0.4, -0.2) is 35.3 Å². The van der Waals surface area contributed by atoms with Crippen LogP contribution in [0.25, 0.3) is 0 Å². The molecule has 126 valence electrons. The molecule has 2 amide bonds. The van der Waals surface area contributed by atoms with Crippen LogP contribution >= 0.6 is 0 Å². The van der Waals surface area contributed by atoms with Crippen LogP contribution in [0.15, 0.2) is 48.7 Å². The third kappa shape index (κ3) is 4.91. The molecule has 0 atom stereocenters. The number of benzene rings is 1. The molecule has 0 spiro atoms. The first-order valence-electron chi connectivity index (χ1n) is 8.01. The minimum atomic E-state index is -0.260. The van der Waals surface area contributed by atoms with E-state index in [1.54, 1.807) is 24.1 Å². The van der Waals surface area contributed by atoms with Gasteiger partial charge in [0.05, 0.1) is 0 Å². The quantitative estimate of drug-likeness (QED) is 0.888. The maximum atomic E-state index is 12.6. The van der Waals surface area contributed by atoms with Crippen molar-refractivity contribution in [2.24, 2.45) is 5.92 Å². The molecule has 0 saturated heterocycles. The highest BCUT2D eigenvalue weighted by Crippen LogP contribution is 2.09. The molecule has 1 heterocycles. The zero-order chi connectivity index (χ0) is 17.5. The van der Waals surface area contributed by atoms with E-state index < -0.39 is 0 Å². The summed E-state index contributed by atoms with van der Waals surface area (Å²) in [4.78, 5) is 30.3. The van der Waals surface area contributed by atoms with Gasteiger partial charge in [0.1, 0.15) is 5.69 Å². The molecule has 5 heteroatoms. The number of nitrogens with one attached hydrogen (secondary N) is 1. The lowest BCUT2D eigenvalue weighted by Crippen LogP contribution is -2.29. The van der Waals surface area contributed by atoms with Gasteiger partial charge >= 0.3 is 0 Å². The van der Waals surface area contributed by atoms with E-state index in [2.05, 4.69) is 10.3 Å². The Morgan fingerprint density at radius 1 is 1.17 bits per heavy atom. The van der Waals surface area contributed by atoms with Crippen LogP contribution in [0.3, 0.4) is 0 Å². The molecule has 0 aliphatic carbocycles. The molecule has 0 radical (unpaired) electrons. The standard InChI is InChI=1S/C19H23N3O2/c1-14(2)12-21-18(23)17-11-16(9-10-20-17)19(24)22(3)13-15-7-5-4-6-8-15/h4-11,14H,12-13H2,1-3H3,(H,21,23). The maximum absolute atomic E-state index is 12.6. The summed E-state index contributed by atoms with van der Waals surface area (Å²) in [7, 11) is 1.74. The predicted octanol–water partition coefficient (Wildman–Crippen LogP) is 2.74. The number of amides is 2. The van der Waals surface area contributed by atoms with Crippen LogP contribution in [0, 0.1) is 5.92 Å². The van der Waals surface area contributed by atoms with Crippen molar-refractivity contribution in [2.45, 2.75) is 20.4 Å². The summed E-state index contributed by atoms with van der Waals surface area (Å²) in [6.45, 7) is 5.13. The number of carbonyl (C=O) groups is 2. The number of aromatic nitrogens is 1. The van der Waals surface area contributed by atoms with Crippen molar-refractivity contribution in [1.82, 2.24) is 15.2 Å². The molecule has 2 aromatic rings. The van der Waals surface area contributed by atoms with Gasteiger partial charge in [-0.05, 0) is 23.6 Å². The molecule has 0 saturated carbocycles. The van der Waals surface area contributed by atoms with E-state index in [4.69, 9.17) is 0 Å². The van der Waals surface area contributed by atoms with Crippen molar-refractivity contribution in [3.8, 4) is 0 Å². The SMILES string of the molecule is CC(C)CNC(=O)c1cc(C(=O)N(C)Cc2ccccc2)ccn1. The van der Waals surface area contributed by atoms with E-state index in [0.29, 0.717) is 24.6 Å². The first-order valence-corrected chi connectivity index (χ1v) is 8.01. The first kappa shape index (κ1) is 17.7. The molecule has 5 nitrogen and oxygen atoms in total. The third-order valence-corrected chi connectivity index (χ3v) is 3.52. The Balaban J connectivity index is 2.06. The monoisotopic (exact) mass is 325 g/mol. The fraction of sp³-hybridized carbons (Fsp3) is 0.316. The van der Waals surface area contributed by atoms with Crippen LogP contribution < -0.4 is 5.32 Å². The van der Waals surface area contributed by atoms with Gasteiger partial charge in [-0.1, -0.05) is 44.2 Å². The highest BCUT2D eigenvalue weighted by molar-refractivity contribution is 5.98. The molecular formula is C19H23N3O2. The van der Waals surface area contributed by atoms with Crippen LogP contribution in [0.4, 0.5) is 0 Å². The van der Waals surface area contributed by atoms with E-state index in [1.165, 1.54) is 6.20 Å². The second-order valence-electron chi connectivity index (χ2n) is 6.18. The summed E-state index contributed by atoms with van der Waals surface area (Å²) in [6, 6.07) is 12.9. The van der Waals surface area contributed by atoms with Crippen LogP contribution in [0.5, 0.6) is 0 Å². The van der Waals surface area contributed by atoms with Crippen molar-refractivity contribution in [3.05, 3.63) is 65.5 Å². The molecule has 1 aromatic heterocycles. The minimum Gasteiger partial charge on any atom is -0.350 e. The van der Waals surface area contributed by atoms with Gasteiger partial charge < -0.3 is 10.2 Å². The van der Waals surface area contributed by atoms with E-state index in [0.717, 1.165) is 5.56 Å². The van der Waals surface area contributed by atoms with Crippen molar-refractivity contribution in [3.63, 3.8) is 0 Å². The number of hydrogen-bond acceptors (Lipinski definition) is 3. The molecule has 0 aliphatic rings. The number of hydrogen-bond donors (Lipinski definition) is 1. The van der Waals surface area contributed by atoms with E-state index in [9.17, 15) is 9.59 Å². The normalized spacial score (nSPS) is 10.5. The third-order valence-electron chi connectivity index (χ3n) is 3.52. The fourth-order valence-electron chi connectivity index (χ4n) is 2.22. The highest BCUT2D eigenvalue weighted by Gasteiger charge is 2.15. The van der Waals surface area contributed by atoms with Crippen molar-refractivity contribution >= 4 is 11.8 Å². The summed E-state index contributed by atoms with van der Waals surface area (Å²) in [5.74, 6) is -0.0426. The Morgan fingerprint density at radius 2 is 1.88 bits per heavy atom. The van der Waals surface area contributed by atoms with Gasteiger partial charge in [-0.15, -0.1) is 0 Å². The van der Waals surface area contributed by atoms with Gasteiger partial charge in [0.15, 0.2) is 0 Å². The minimum absolute atomic E-state index is 0.140. The van der Waals surface area contributed by atoms with E-state index >= 15 is 0 Å². The van der Waals surface area contributed by atoms with Gasteiger partial charge in [-0.3, -0.25) is 14.6 Å². The van der Waals surface area contributed by atoms with Gasteiger partial charge in [0.25, 0.3) is 11.8 Å². The van der Waals surface area contributed by atoms with Crippen LogP contribution in [0.2, 0.25) is 0 Å². The molecule has 1 N–H and O–H groups in total. The van der Waals surface area contributed by atoms with Gasteiger partial charge in [0.2, 0.25) is 0 Å². The lowest BCUT2D eigenvalue weighted by Gasteiger charge is -2.17. The average molecular weight is 325 g/mol. The maximum Gasteiger partial charge on any atom is 0.269 e. The summed E-state index contributed by atoms with van der Waals surface area (Å²) >= 11 is 0. The van der Waals surface area contributed by atoms with Crippen molar-refractivity contribution in [2.75, 3.05) is 13.6 Å². The first-order chi connectivity index (χ1) is 11.5. The number of nitrogens with zero attached hydrogens (tertiary/aromatic N) is 2. The lowest BCUT2D eigenvalue weighted by atomic mass is 10.1. The number of carbonyl (C=O) groups excluding carboxylic acids is 2. The lowest BCUT2D eigenvalue weighted by molar-refractivity contribution is 0.0785. The molecule has 0 bridgehead atoms. The summed E-state index contributed by atoms with van der Waals surface area (Å²) in [5.41, 5.74) is 1.77. The molecule has 1 aromatic carbocycles. The topological polar surface area (TPSA) is 62.3 Å². The van der Waals surface area contributed by atoms with Gasteiger partial charge in [-0.25, -0.2) is 0 Å². The van der Waals surface area contributed by atoms with Crippen molar-refractivity contribution < 1.29 is 9.59 Å². The van der Waals surface area contributed by atoms with Gasteiger partial charge in [0, 0.05) is 31.9 Å². The van der Waals surface area contributed by atoms with Gasteiger partial charge in [-0.2, -0.15) is 0 Å². The summed E-state index contributed by atoms with van der Waals surface area (Å²) in [6.07, 6.45) is 1.49. The molecule has 0 aliphatic heterocycles. The Morgan fingerprint density at radius 3 is 2.54 bits per heavy atom. The Hall–Kier alpha value is -2.69. The van der Waals surface area contributed by atoms with Crippen LogP contribution in [0.1, 0.15) is 40.3 Å². The summed E-state index contributed by atoms with van der Waals surface area (Å²) < 4.78 is 0. The number of rotatable bonds is 6. The fourth-order valence-corrected chi connectivity index (χ4v) is 2.22. The number of pyridine rings is 1. The zero-order valence-electron chi connectivity index (χ0n) is 14.3. The zero-order valence-corrected chi connectivity index (χ0v) is 14.3. The highest BCUT2D eigenvalue weighted by atomic mass is 16.2. The summed E-state index contributed by atoms with van der Waals surface area (Å²) in [5, 5.41) is 2.81. The molecule has 0 fully saturated rings. The largest absolute Gasteiger partial charge is 0.350 e. The molecule has 24 heavy (non-hydrogen) atoms. The van der Waals surface area contributed by atoms with E-state index in [-0.39, 0.29) is 17.5 Å². The average Bonchev–Trinajstić information content (AvgIpc) is 2.60. The molecule has 2 rings (SSSR count). The van der Waals surface area contributed by atoms with Crippen molar-refractivity contribution in [1.29, 1.82) is 0 Å². The Bertz CT molecular complexity index is 699. The predicted molar refractivity (Wildman–Crippen MR) is 93.6 cm³/mol. The molecule has 0 unspecified atom stereocenters. The molecular weight excluding hydrogens is 302 g/mol. The Kier molecular flexibility index (Phi) is 6.07.